The molecular formula is C16H14N2O7. The van der Waals surface area contributed by atoms with E-state index in [1.54, 1.807) is 12.1 Å². The van der Waals surface area contributed by atoms with Crippen molar-refractivity contribution in [2.75, 3.05) is 5.32 Å². The number of nitrogens with zero attached hydrogens (tertiary/aromatic N) is 1. The number of ether oxygens (including phenoxy) is 1. The summed E-state index contributed by atoms with van der Waals surface area (Å²) < 4.78 is 9.69. The zero-order valence-electron chi connectivity index (χ0n) is 13.3. The Morgan fingerprint density at radius 1 is 1.16 bits per heavy atom. The average Bonchev–Trinajstić information content (AvgIpc) is 3.04. The Hall–Kier alpha value is -3.49. The van der Waals surface area contributed by atoms with Crippen molar-refractivity contribution in [1.82, 2.24) is 0 Å². The number of hydrogen-bond acceptors (Lipinski definition) is 7. The van der Waals surface area contributed by atoms with Crippen molar-refractivity contribution >= 4 is 29.2 Å². The van der Waals surface area contributed by atoms with Crippen LogP contribution in [0.25, 0.3) is 0 Å². The third kappa shape index (κ3) is 4.50. The van der Waals surface area contributed by atoms with Gasteiger partial charge in [0, 0.05) is 18.2 Å². The van der Waals surface area contributed by atoms with Crippen molar-refractivity contribution in [3.8, 4) is 0 Å². The van der Waals surface area contributed by atoms with Gasteiger partial charge in [-0.15, -0.1) is 0 Å². The molecule has 0 radical (unpaired) electrons. The van der Waals surface area contributed by atoms with Gasteiger partial charge in [-0.05, 0) is 37.3 Å². The van der Waals surface area contributed by atoms with Gasteiger partial charge in [-0.25, -0.2) is 4.79 Å². The van der Waals surface area contributed by atoms with Crippen LogP contribution in [-0.4, -0.2) is 28.7 Å². The smallest absolute Gasteiger partial charge is 0.433 e. The molecule has 0 spiro atoms. The third-order valence-electron chi connectivity index (χ3n) is 3.12. The topological polar surface area (TPSA) is 129 Å². The molecule has 9 nitrogen and oxygen atoms in total. The van der Waals surface area contributed by atoms with Crippen molar-refractivity contribution in [2.45, 2.75) is 20.0 Å². The summed E-state index contributed by atoms with van der Waals surface area (Å²) in [5, 5.41) is 13.1. The maximum Gasteiger partial charge on any atom is 0.433 e. The lowest BCUT2D eigenvalue weighted by Gasteiger charge is -2.11. The molecule has 2 aromatic rings. The number of carbonyl (C=O) groups excluding carboxylic acids is 3. The van der Waals surface area contributed by atoms with Crippen LogP contribution < -0.4 is 5.32 Å². The Morgan fingerprint density at radius 2 is 1.80 bits per heavy atom. The van der Waals surface area contributed by atoms with Crippen molar-refractivity contribution in [3.05, 3.63) is 57.8 Å². The Morgan fingerprint density at radius 3 is 2.32 bits per heavy atom. The number of hydrogen-bond donors (Lipinski definition) is 1. The number of anilines is 1. The van der Waals surface area contributed by atoms with Crippen LogP contribution in [0.5, 0.6) is 0 Å². The number of nitrogens with one attached hydrogen (secondary N) is 1. The quantitative estimate of drug-likeness (QED) is 0.368. The summed E-state index contributed by atoms with van der Waals surface area (Å²) in [5.74, 6) is -2.66. The minimum atomic E-state index is -1.12. The van der Waals surface area contributed by atoms with Crippen molar-refractivity contribution in [1.29, 1.82) is 0 Å². The van der Waals surface area contributed by atoms with Gasteiger partial charge < -0.3 is 14.5 Å². The Balaban J connectivity index is 2.02. The number of nitro groups is 1. The summed E-state index contributed by atoms with van der Waals surface area (Å²) in [7, 11) is 0. The van der Waals surface area contributed by atoms with Gasteiger partial charge in [0.2, 0.25) is 17.5 Å². The average molecular weight is 346 g/mol. The molecule has 25 heavy (non-hydrogen) atoms. The lowest BCUT2D eigenvalue weighted by molar-refractivity contribution is -0.402. The number of rotatable bonds is 6. The predicted molar refractivity (Wildman–Crippen MR) is 85.3 cm³/mol. The summed E-state index contributed by atoms with van der Waals surface area (Å²) in [6, 6.07) is 8.16. The summed E-state index contributed by atoms with van der Waals surface area (Å²) in [6.07, 6.45) is -1.12. The predicted octanol–water partition coefficient (Wildman–Crippen LogP) is 2.57. The summed E-state index contributed by atoms with van der Waals surface area (Å²) in [5.41, 5.74) is 0.802. The fraction of sp³-hybridized carbons (Fsp3) is 0.188. The Bertz CT molecular complexity index is 823. The first-order valence-corrected chi connectivity index (χ1v) is 7.15. The largest absolute Gasteiger partial charge is 0.448 e. The van der Waals surface area contributed by atoms with Gasteiger partial charge in [-0.2, -0.15) is 0 Å². The summed E-state index contributed by atoms with van der Waals surface area (Å²) in [6.45, 7) is 2.74. The molecule has 1 unspecified atom stereocenters. The van der Waals surface area contributed by atoms with E-state index < -0.39 is 28.7 Å². The monoisotopic (exact) mass is 346 g/mol. The third-order valence-corrected chi connectivity index (χ3v) is 3.12. The molecule has 1 N–H and O–H groups in total. The molecule has 0 aliphatic heterocycles. The van der Waals surface area contributed by atoms with Crippen molar-refractivity contribution in [2.24, 2.45) is 0 Å². The summed E-state index contributed by atoms with van der Waals surface area (Å²) in [4.78, 5) is 44.8. The molecule has 0 saturated carbocycles. The zero-order chi connectivity index (χ0) is 18.6. The molecule has 0 bridgehead atoms. The highest BCUT2D eigenvalue weighted by molar-refractivity contribution is 6.01. The Kier molecular flexibility index (Phi) is 5.28. The molecule has 9 heteroatoms. The van der Waals surface area contributed by atoms with Gasteiger partial charge >= 0.3 is 11.9 Å². The lowest BCUT2D eigenvalue weighted by atomic mass is 10.1. The van der Waals surface area contributed by atoms with Gasteiger partial charge in [-0.1, -0.05) is 0 Å². The van der Waals surface area contributed by atoms with Crippen LogP contribution in [0, 0.1) is 10.1 Å². The minimum absolute atomic E-state index is 0.242. The standard InChI is InChI=1S/C16H14N2O7/c1-9(24-16(21)13-7-8-14(25-13)18(22)23)15(20)11-3-5-12(6-4-11)17-10(2)19/h3-9H,1-2H3,(H,17,19). The van der Waals surface area contributed by atoms with Gasteiger partial charge in [0.1, 0.15) is 4.92 Å². The van der Waals surface area contributed by atoms with E-state index in [2.05, 4.69) is 5.32 Å². The van der Waals surface area contributed by atoms with Gasteiger partial charge in [0.25, 0.3) is 0 Å². The van der Waals surface area contributed by atoms with E-state index in [-0.39, 0.29) is 17.2 Å². The van der Waals surface area contributed by atoms with Gasteiger partial charge in [0.05, 0.1) is 6.07 Å². The Labute approximate surface area is 141 Å². The number of furan rings is 1. The van der Waals surface area contributed by atoms with E-state index in [0.717, 1.165) is 12.1 Å². The molecule has 1 heterocycles. The molecule has 0 aliphatic rings. The second kappa shape index (κ2) is 7.39. The minimum Gasteiger partial charge on any atom is -0.448 e. The molecule has 130 valence electrons. The highest BCUT2D eigenvalue weighted by atomic mass is 16.7. The lowest BCUT2D eigenvalue weighted by Crippen LogP contribution is -2.24. The van der Waals surface area contributed by atoms with E-state index in [1.807, 2.05) is 0 Å². The van der Waals surface area contributed by atoms with E-state index in [1.165, 1.54) is 26.0 Å². The fourth-order valence-electron chi connectivity index (χ4n) is 1.96. The highest BCUT2D eigenvalue weighted by Gasteiger charge is 2.24. The van der Waals surface area contributed by atoms with Crippen LogP contribution >= 0.6 is 0 Å². The van der Waals surface area contributed by atoms with E-state index in [9.17, 15) is 24.5 Å². The number of amides is 1. The van der Waals surface area contributed by atoms with Crippen LogP contribution in [0.4, 0.5) is 11.6 Å². The maximum atomic E-state index is 12.3. The van der Waals surface area contributed by atoms with Crippen LogP contribution in [0.2, 0.25) is 0 Å². The van der Waals surface area contributed by atoms with Crippen LogP contribution in [-0.2, 0) is 9.53 Å². The fourth-order valence-corrected chi connectivity index (χ4v) is 1.96. The molecule has 1 aromatic carbocycles. The maximum absolute atomic E-state index is 12.3. The number of Topliss-reactive ketones (excluding diaryl/α,β-unsaturated/α-hetero) is 1. The van der Waals surface area contributed by atoms with Crippen molar-refractivity contribution in [3.63, 3.8) is 0 Å². The molecule has 2 rings (SSSR count). The van der Waals surface area contributed by atoms with Crippen LogP contribution in [0.1, 0.15) is 34.8 Å². The molecule has 0 saturated heterocycles. The molecule has 0 fully saturated rings. The van der Waals surface area contributed by atoms with Gasteiger partial charge in [-0.3, -0.25) is 19.7 Å². The van der Waals surface area contributed by atoms with Crippen molar-refractivity contribution < 1.29 is 28.5 Å². The van der Waals surface area contributed by atoms with E-state index >= 15 is 0 Å². The zero-order valence-corrected chi connectivity index (χ0v) is 13.3. The second-order valence-electron chi connectivity index (χ2n) is 5.07. The molecule has 0 aliphatic carbocycles. The first-order chi connectivity index (χ1) is 11.8. The number of esters is 1. The van der Waals surface area contributed by atoms with E-state index in [4.69, 9.17) is 9.15 Å². The first-order valence-electron chi connectivity index (χ1n) is 7.15. The second-order valence-corrected chi connectivity index (χ2v) is 5.07. The highest BCUT2D eigenvalue weighted by Crippen LogP contribution is 2.18. The molecule has 1 aromatic heterocycles. The van der Waals surface area contributed by atoms with Crippen LogP contribution in [0.3, 0.4) is 0 Å². The molecular weight excluding hydrogens is 332 g/mol. The molecule has 1 atom stereocenters. The molecule has 1 amide bonds. The normalized spacial score (nSPS) is 11.4. The van der Waals surface area contributed by atoms with Crippen LogP contribution in [0.15, 0.2) is 40.8 Å². The van der Waals surface area contributed by atoms with Gasteiger partial charge in [0.15, 0.2) is 6.10 Å². The number of benzene rings is 1. The number of ketones is 1. The number of carbonyl (C=O) groups is 3. The first kappa shape index (κ1) is 17.9. The summed E-state index contributed by atoms with van der Waals surface area (Å²) >= 11 is 0. The SMILES string of the molecule is CC(=O)Nc1ccc(C(=O)C(C)OC(=O)c2ccc([N+](=O)[O-])o2)cc1. The van der Waals surface area contributed by atoms with E-state index in [0.29, 0.717) is 5.69 Å².